The Balaban J connectivity index is 1.40. The van der Waals surface area contributed by atoms with Gasteiger partial charge in [-0.1, -0.05) is 25.5 Å². The molecule has 0 aliphatic rings. The van der Waals surface area contributed by atoms with E-state index < -0.39 is 18.4 Å². The number of carbonyl (C=O) groups is 4. The fourth-order valence-corrected chi connectivity index (χ4v) is 3.83. The Morgan fingerprint density at radius 1 is 1.03 bits per heavy atom. The lowest BCUT2D eigenvalue weighted by atomic mass is 9.97. The van der Waals surface area contributed by atoms with Crippen LogP contribution in [0.4, 0.5) is 11.5 Å². The van der Waals surface area contributed by atoms with Crippen molar-refractivity contribution in [1.82, 2.24) is 20.6 Å². The van der Waals surface area contributed by atoms with E-state index in [1.54, 1.807) is 30.5 Å². The van der Waals surface area contributed by atoms with Crippen molar-refractivity contribution in [3.05, 3.63) is 60.3 Å². The van der Waals surface area contributed by atoms with Crippen LogP contribution in [0.15, 0.2) is 54.7 Å². The zero-order valence-electron chi connectivity index (χ0n) is 20.6. The number of nitrogens with zero attached hydrogens (tertiary/aromatic N) is 2. The summed E-state index contributed by atoms with van der Waals surface area (Å²) in [5.41, 5.74) is 2.91. The lowest BCUT2D eigenvalue weighted by Crippen LogP contribution is -2.41. The van der Waals surface area contributed by atoms with Crippen molar-refractivity contribution in [2.24, 2.45) is 5.92 Å². The standard InChI is InChI=1S/C27H31N5O5/c1-2-18(27(37)31-21(17-33)15-25(34)35)7-5-6-14-28-26(36)19-10-12-20(13-11-19)30-24-16-29-22-8-3-4-9-23(22)32-24/h3-4,8-13,16-18,21H,2,5-7,14-15H2,1H3,(H,28,36)(H,30,32)(H,31,37)(H,34,35). The Bertz CT molecular complexity index is 1230. The predicted molar refractivity (Wildman–Crippen MR) is 139 cm³/mol. The Kier molecular flexibility index (Phi) is 10.1. The number of aldehydes is 1. The molecule has 10 nitrogen and oxygen atoms in total. The number of fused-ring (bicyclic) bond motifs is 1. The highest BCUT2D eigenvalue weighted by Gasteiger charge is 2.21. The zero-order valence-corrected chi connectivity index (χ0v) is 20.6. The molecule has 194 valence electrons. The summed E-state index contributed by atoms with van der Waals surface area (Å²) in [6, 6.07) is 13.6. The van der Waals surface area contributed by atoms with E-state index in [2.05, 4.69) is 25.9 Å². The smallest absolute Gasteiger partial charge is 0.305 e. The fourth-order valence-electron chi connectivity index (χ4n) is 3.83. The molecule has 2 atom stereocenters. The first-order valence-corrected chi connectivity index (χ1v) is 12.2. The third-order valence-corrected chi connectivity index (χ3v) is 5.88. The molecule has 2 amide bonds. The quantitative estimate of drug-likeness (QED) is 0.192. The summed E-state index contributed by atoms with van der Waals surface area (Å²) >= 11 is 0. The first kappa shape index (κ1) is 27.3. The van der Waals surface area contributed by atoms with Crippen molar-refractivity contribution in [2.45, 2.75) is 45.1 Å². The Morgan fingerprint density at radius 2 is 1.76 bits per heavy atom. The number of carboxylic acid groups (broad SMARTS) is 1. The molecule has 10 heteroatoms. The number of hydrogen-bond donors (Lipinski definition) is 4. The number of hydrogen-bond acceptors (Lipinski definition) is 7. The molecular weight excluding hydrogens is 474 g/mol. The number of amides is 2. The number of aliphatic carboxylic acids is 1. The minimum Gasteiger partial charge on any atom is -0.481 e. The first-order valence-electron chi connectivity index (χ1n) is 12.2. The summed E-state index contributed by atoms with van der Waals surface area (Å²) in [6.45, 7) is 2.32. The number of nitrogens with one attached hydrogen (secondary N) is 3. The minimum absolute atomic E-state index is 0.190. The topological polar surface area (TPSA) is 150 Å². The van der Waals surface area contributed by atoms with Gasteiger partial charge in [-0.25, -0.2) is 4.98 Å². The first-order chi connectivity index (χ1) is 17.9. The Morgan fingerprint density at radius 3 is 2.43 bits per heavy atom. The summed E-state index contributed by atoms with van der Waals surface area (Å²) < 4.78 is 0. The highest BCUT2D eigenvalue weighted by atomic mass is 16.4. The molecule has 0 radical (unpaired) electrons. The maximum atomic E-state index is 12.5. The molecule has 0 bridgehead atoms. The summed E-state index contributed by atoms with van der Waals surface area (Å²) in [4.78, 5) is 55.5. The lowest BCUT2D eigenvalue weighted by Gasteiger charge is -2.17. The van der Waals surface area contributed by atoms with E-state index in [0.29, 0.717) is 49.9 Å². The van der Waals surface area contributed by atoms with Crippen LogP contribution in [0.3, 0.4) is 0 Å². The van der Waals surface area contributed by atoms with Crippen LogP contribution in [0.5, 0.6) is 0 Å². The van der Waals surface area contributed by atoms with Crippen LogP contribution in [-0.2, 0) is 14.4 Å². The number of carbonyl (C=O) groups excluding carboxylic acids is 3. The normalized spacial score (nSPS) is 12.4. The highest BCUT2D eigenvalue weighted by molar-refractivity contribution is 5.94. The molecule has 2 unspecified atom stereocenters. The van der Waals surface area contributed by atoms with E-state index in [9.17, 15) is 19.2 Å². The van der Waals surface area contributed by atoms with Gasteiger partial charge in [-0.3, -0.25) is 19.4 Å². The summed E-state index contributed by atoms with van der Waals surface area (Å²) in [7, 11) is 0. The van der Waals surface area contributed by atoms with Crippen molar-refractivity contribution in [1.29, 1.82) is 0 Å². The van der Waals surface area contributed by atoms with Crippen molar-refractivity contribution in [2.75, 3.05) is 11.9 Å². The largest absolute Gasteiger partial charge is 0.481 e. The van der Waals surface area contributed by atoms with Crippen LogP contribution in [-0.4, -0.2) is 51.7 Å². The molecule has 1 aromatic heterocycles. The van der Waals surface area contributed by atoms with Gasteiger partial charge in [-0.2, -0.15) is 0 Å². The van der Waals surface area contributed by atoms with E-state index in [-0.39, 0.29) is 17.7 Å². The molecule has 2 aromatic carbocycles. The van der Waals surface area contributed by atoms with Crippen molar-refractivity contribution >= 4 is 46.6 Å². The summed E-state index contributed by atoms with van der Waals surface area (Å²) in [5, 5.41) is 17.4. The Hall–Kier alpha value is -4.34. The lowest BCUT2D eigenvalue weighted by molar-refractivity contribution is -0.139. The van der Waals surface area contributed by atoms with Gasteiger partial charge in [-0.15, -0.1) is 0 Å². The number of rotatable bonds is 14. The number of unbranched alkanes of at least 4 members (excludes halogenated alkanes) is 1. The molecule has 1 heterocycles. The van der Waals surface area contributed by atoms with Crippen LogP contribution >= 0.6 is 0 Å². The highest BCUT2D eigenvalue weighted by Crippen LogP contribution is 2.18. The van der Waals surface area contributed by atoms with Crippen LogP contribution in [0.1, 0.15) is 49.4 Å². The molecule has 37 heavy (non-hydrogen) atoms. The number of para-hydroxylation sites is 2. The van der Waals surface area contributed by atoms with Gasteiger partial charge in [0.1, 0.15) is 12.1 Å². The maximum absolute atomic E-state index is 12.5. The van der Waals surface area contributed by atoms with Gasteiger partial charge in [0.05, 0.1) is 29.7 Å². The zero-order chi connectivity index (χ0) is 26.6. The molecule has 0 aliphatic carbocycles. The second kappa shape index (κ2) is 13.7. The fraction of sp³-hybridized carbons (Fsp3) is 0.333. The molecule has 0 aliphatic heterocycles. The van der Waals surface area contributed by atoms with Crippen molar-refractivity contribution < 1.29 is 24.3 Å². The van der Waals surface area contributed by atoms with Crippen LogP contribution in [0, 0.1) is 5.92 Å². The monoisotopic (exact) mass is 505 g/mol. The molecular formula is C27H31N5O5. The molecule has 0 fully saturated rings. The van der Waals surface area contributed by atoms with E-state index in [4.69, 9.17) is 5.11 Å². The van der Waals surface area contributed by atoms with E-state index in [0.717, 1.165) is 16.7 Å². The number of aromatic nitrogens is 2. The summed E-state index contributed by atoms with van der Waals surface area (Å²) in [6.07, 6.45) is 4.19. The predicted octanol–water partition coefficient (Wildman–Crippen LogP) is 3.46. The van der Waals surface area contributed by atoms with Crippen LogP contribution in [0.25, 0.3) is 11.0 Å². The van der Waals surface area contributed by atoms with Crippen molar-refractivity contribution in [3.63, 3.8) is 0 Å². The molecule has 4 N–H and O–H groups in total. The van der Waals surface area contributed by atoms with Crippen molar-refractivity contribution in [3.8, 4) is 0 Å². The minimum atomic E-state index is -1.15. The van der Waals surface area contributed by atoms with Gasteiger partial charge in [0.2, 0.25) is 5.91 Å². The molecule has 0 saturated heterocycles. The number of carboxylic acids is 1. The number of anilines is 2. The second-order valence-electron chi connectivity index (χ2n) is 8.65. The SMILES string of the molecule is CCC(CCCCNC(=O)c1ccc(Nc2cnc3ccccc3n2)cc1)C(=O)NC(C=O)CC(=O)O. The van der Waals surface area contributed by atoms with Gasteiger partial charge < -0.3 is 25.9 Å². The molecule has 3 rings (SSSR count). The van der Waals surface area contributed by atoms with E-state index >= 15 is 0 Å². The van der Waals surface area contributed by atoms with Crippen LogP contribution in [0.2, 0.25) is 0 Å². The van der Waals surface area contributed by atoms with E-state index in [1.165, 1.54) is 0 Å². The van der Waals surface area contributed by atoms with Gasteiger partial charge >= 0.3 is 5.97 Å². The Labute approximate surface area is 214 Å². The number of benzene rings is 2. The van der Waals surface area contributed by atoms with Gasteiger partial charge in [-0.05, 0) is 55.7 Å². The van der Waals surface area contributed by atoms with Gasteiger partial charge in [0, 0.05) is 23.7 Å². The summed E-state index contributed by atoms with van der Waals surface area (Å²) in [5.74, 6) is -1.37. The van der Waals surface area contributed by atoms with E-state index in [1.807, 2.05) is 31.2 Å². The second-order valence-corrected chi connectivity index (χ2v) is 8.65. The molecule has 3 aromatic rings. The van der Waals surface area contributed by atoms with Gasteiger partial charge in [0.25, 0.3) is 5.91 Å². The third kappa shape index (κ3) is 8.38. The maximum Gasteiger partial charge on any atom is 0.305 e. The average molecular weight is 506 g/mol. The van der Waals surface area contributed by atoms with Crippen LogP contribution < -0.4 is 16.0 Å². The molecule has 0 saturated carbocycles. The molecule has 0 spiro atoms. The average Bonchev–Trinajstić information content (AvgIpc) is 2.90. The third-order valence-electron chi connectivity index (χ3n) is 5.88. The van der Waals surface area contributed by atoms with Gasteiger partial charge in [0.15, 0.2) is 0 Å².